The Bertz CT molecular complexity index is 732. The maximum Gasteiger partial charge on any atom is 0.328 e. The van der Waals surface area contributed by atoms with Gasteiger partial charge in [0.05, 0.1) is 7.11 Å². The van der Waals surface area contributed by atoms with Crippen molar-refractivity contribution in [2.75, 3.05) is 7.11 Å². The van der Waals surface area contributed by atoms with Crippen LogP contribution in [0.5, 0.6) is 11.5 Å². The van der Waals surface area contributed by atoms with Gasteiger partial charge in [-0.1, -0.05) is 38.1 Å². The lowest BCUT2D eigenvalue weighted by Gasteiger charge is -2.15. The molecule has 126 valence electrons. The summed E-state index contributed by atoms with van der Waals surface area (Å²) in [5, 5.41) is 8.74. The number of ether oxygens (including phenoxy) is 2. The van der Waals surface area contributed by atoms with Gasteiger partial charge in [0.25, 0.3) is 0 Å². The van der Waals surface area contributed by atoms with Gasteiger partial charge in [-0.25, -0.2) is 4.79 Å². The molecule has 24 heavy (non-hydrogen) atoms. The number of para-hydroxylation sites is 1. The summed E-state index contributed by atoms with van der Waals surface area (Å²) in [7, 11) is 1.60. The van der Waals surface area contributed by atoms with Crippen LogP contribution >= 0.6 is 0 Å². The highest BCUT2D eigenvalue weighted by Crippen LogP contribution is 2.28. The Morgan fingerprint density at radius 2 is 1.92 bits per heavy atom. The van der Waals surface area contributed by atoms with Crippen LogP contribution in [-0.4, -0.2) is 18.2 Å². The molecule has 2 aromatic rings. The van der Waals surface area contributed by atoms with Crippen molar-refractivity contribution in [2.24, 2.45) is 0 Å². The fourth-order valence-electron chi connectivity index (χ4n) is 2.43. The summed E-state index contributed by atoms with van der Waals surface area (Å²) in [6, 6.07) is 13.5. The normalized spacial score (nSPS) is 11.0. The van der Waals surface area contributed by atoms with E-state index in [0.717, 1.165) is 28.5 Å². The fourth-order valence-corrected chi connectivity index (χ4v) is 2.43. The SMILES string of the molecule is COc1ccc(C=CC(=O)O)cc1COc1ccccc1C(C)C. The minimum absolute atomic E-state index is 0.349. The van der Waals surface area contributed by atoms with Crippen LogP contribution < -0.4 is 9.47 Å². The Hall–Kier alpha value is -2.75. The summed E-state index contributed by atoms with van der Waals surface area (Å²) in [4.78, 5) is 10.7. The molecule has 0 aliphatic heterocycles. The van der Waals surface area contributed by atoms with Crippen molar-refractivity contribution in [3.05, 3.63) is 65.2 Å². The van der Waals surface area contributed by atoms with Crippen LogP contribution in [0.2, 0.25) is 0 Å². The number of carboxylic acid groups (broad SMARTS) is 1. The van der Waals surface area contributed by atoms with E-state index in [2.05, 4.69) is 19.9 Å². The van der Waals surface area contributed by atoms with Gasteiger partial charge in [-0.2, -0.15) is 0 Å². The van der Waals surface area contributed by atoms with Gasteiger partial charge in [-0.05, 0) is 41.3 Å². The van der Waals surface area contributed by atoms with E-state index in [9.17, 15) is 4.79 Å². The highest BCUT2D eigenvalue weighted by atomic mass is 16.5. The van der Waals surface area contributed by atoms with Crippen LogP contribution in [0, 0.1) is 0 Å². The molecule has 4 nitrogen and oxygen atoms in total. The highest BCUT2D eigenvalue weighted by molar-refractivity contribution is 5.85. The monoisotopic (exact) mass is 326 g/mol. The molecule has 0 radical (unpaired) electrons. The van der Waals surface area contributed by atoms with E-state index in [1.54, 1.807) is 13.2 Å². The van der Waals surface area contributed by atoms with Crippen LogP contribution in [0.4, 0.5) is 0 Å². The highest BCUT2D eigenvalue weighted by Gasteiger charge is 2.09. The van der Waals surface area contributed by atoms with Crippen LogP contribution in [0.1, 0.15) is 36.5 Å². The fraction of sp³-hybridized carbons (Fsp3) is 0.250. The first-order valence-corrected chi connectivity index (χ1v) is 7.81. The molecule has 0 spiro atoms. The van der Waals surface area contributed by atoms with Crippen LogP contribution in [-0.2, 0) is 11.4 Å². The summed E-state index contributed by atoms with van der Waals surface area (Å²) < 4.78 is 11.4. The Morgan fingerprint density at radius 1 is 1.17 bits per heavy atom. The number of benzene rings is 2. The summed E-state index contributed by atoms with van der Waals surface area (Å²) in [5.41, 5.74) is 2.80. The second kappa shape index (κ2) is 8.20. The Morgan fingerprint density at radius 3 is 2.58 bits per heavy atom. The van der Waals surface area contributed by atoms with Gasteiger partial charge in [-0.15, -0.1) is 0 Å². The van der Waals surface area contributed by atoms with E-state index in [0.29, 0.717) is 18.3 Å². The molecule has 0 aliphatic carbocycles. The minimum atomic E-state index is -0.977. The third-order valence-electron chi connectivity index (χ3n) is 3.65. The second-order valence-corrected chi connectivity index (χ2v) is 5.72. The maximum absolute atomic E-state index is 10.7. The number of hydrogen-bond donors (Lipinski definition) is 1. The Balaban J connectivity index is 2.22. The topological polar surface area (TPSA) is 55.8 Å². The van der Waals surface area contributed by atoms with Gasteiger partial charge in [0.15, 0.2) is 0 Å². The van der Waals surface area contributed by atoms with E-state index in [4.69, 9.17) is 14.6 Å². The van der Waals surface area contributed by atoms with Crippen molar-refractivity contribution in [3.8, 4) is 11.5 Å². The number of carbonyl (C=O) groups is 1. The van der Waals surface area contributed by atoms with Gasteiger partial charge in [0, 0.05) is 11.6 Å². The molecule has 0 saturated carbocycles. The lowest BCUT2D eigenvalue weighted by atomic mass is 10.0. The zero-order valence-electron chi connectivity index (χ0n) is 14.2. The van der Waals surface area contributed by atoms with Crippen molar-refractivity contribution in [1.29, 1.82) is 0 Å². The van der Waals surface area contributed by atoms with E-state index in [1.165, 1.54) is 0 Å². The first-order chi connectivity index (χ1) is 11.5. The van der Waals surface area contributed by atoms with Crippen molar-refractivity contribution < 1.29 is 19.4 Å². The standard InChI is InChI=1S/C20H22O4/c1-14(2)17-6-4-5-7-19(17)24-13-16-12-15(9-11-20(21)22)8-10-18(16)23-3/h4-12,14H,13H2,1-3H3,(H,21,22). The molecule has 0 aliphatic rings. The summed E-state index contributed by atoms with van der Waals surface area (Å²) >= 11 is 0. The molecular weight excluding hydrogens is 304 g/mol. The molecule has 1 N–H and O–H groups in total. The first kappa shape index (κ1) is 17.6. The molecule has 0 saturated heterocycles. The number of aliphatic carboxylic acids is 1. The largest absolute Gasteiger partial charge is 0.496 e. The van der Waals surface area contributed by atoms with E-state index in [-0.39, 0.29) is 0 Å². The van der Waals surface area contributed by atoms with Gasteiger partial charge in [0.2, 0.25) is 0 Å². The number of carboxylic acids is 1. The summed E-state index contributed by atoms with van der Waals surface area (Å²) in [5.74, 6) is 0.952. The predicted octanol–water partition coefficient (Wildman–Crippen LogP) is 4.50. The zero-order valence-corrected chi connectivity index (χ0v) is 14.2. The zero-order chi connectivity index (χ0) is 17.5. The van der Waals surface area contributed by atoms with Gasteiger partial charge in [0.1, 0.15) is 18.1 Å². The molecule has 0 heterocycles. The first-order valence-electron chi connectivity index (χ1n) is 7.81. The van der Waals surface area contributed by atoms with Crippen LogP contribution in [0.3, 0.4) is 0 Å². The molecule has 0 atom stereocenters. The third-order valence-corrected chi connectivity index (χ3v) is 3.65. The average molecular weight is 326 g/mol. The average Bonchev–Trinajstić information content (AvgIpc) is 2.58. The Labute approximate surface area is 142 Å². The molecule has 0 fully saturated rings. The predicted molar refractivity (Wildman–Crippen MR) is 94.5 cm³/mol. The van der Waals surface area contributed by atoms with Crippen molar-refractivity contribution in [3.63, 3.8) is 0 Å². The molecule has 2 rings (SSSR count). The number of rotatable bonds is 7. The number of hydrogen-bond acceptors (Lipinski definition) is 3. The molecule has 2 aromatic carbocycles. The number of methoxy groups -OCH3 is 1. The van der Waals surface area contributed by atoms with Crippen molar-refractivity contribution >= 4 is 12.0 Å². The van der Waals surface area contributed by atoms with E-state index < -0.39 is 5.97 Å². The Kier molecular flexibility index (Phi) is 6.01. The van der Waals surface area contributed by atoms with E-state index in [1.807, 2.05) is 36.4 Å². The molecule has 4 heteroatoms. The lowest BCUT2D eigenvalue weighted by molar-refractivity contribution is -0.131. The molecular formula is C20H22O4. The van der Waals surface area contributed by atoms with Gasteiger partial charge in [-0.3, -0.25) is 0 Å². The third kappa shape index (κ3) is 4.62. The van der Waals surface area contributed by atoms with Crippen molar-refractivity contribution in [1.82, 2.24) is 0 Å². The quantitative estimate of drug-likeness (QED) is 0.761. The smallest absolute Gasteiger partial charge is 0.328 e. The second-order valence-electron chi connectivity index (χ2n) is 5.72. The van der Waals surface area contributed by atoms with Crippen LogP contribution in [0.25, 0.3) is 6.08 Å². The van der Waals surface area contributed by atoms with E-state index >= 15 is 0 Å². The summed E-state index contributed by atoms with van der Waals surface area (Å²) in [6.45, 7) is 4.60. The van der Waals surface area contributed by atoms with Gasteiger partial charge >= 0.3 is 5.97 Å². The van der Waals surface area contributed by atoms with Gasteiger partial charge < -0.3 is 14.6 Å². The summed E-state index contributed by atoms with van der Waals surface area (Å²) in [6.07, 6.45) is 2.66. The van der Waals surface area contributed by atoms with Crippen LogP contribution in [0.15, 0.2) is 48.5 Å². The van der Waals surface area contributed by atoms with Crippen molar-refractivity contribution in [2.45, 2.75) is 26.4 Å². The molecule has 0 bridgehead atoms. The molecule has 0 unspecified atom stereocenters. The maximum atomic E-state index is 10.7. The lowest BCUT2D eigenvalue weighted by Crippen LogP contribution is -2.02. The minimum Gasteiger partial charge on any atom is -0.496 e. The molecule has 0 amide bonds. The molecule has 0 aromatic heterocycles.